The first-order valence-electron chi connectivity index (χ1n) is 3.73. The van der Waals surface area contributed by atoms with Gasteiger partial charge in [0, 0.05) is 12.7 Å². The number of aromatic nitrogens is 1. The number of nitrogens with two attached hydrogens (primary N) is 1. The van der Waals surface area contributed by atoms with Crippen molar-refractivity contribution >= 4 is 11.3 Å². The van der Waals surface area contributed by atoms with Crippen LogP contribution in [0.4, 0.5) is 0 Å². The number of aliphatic hydroxyl groups excluding tert-OH is 1. The molecule has 0 aliphatic rings. The second kappa shape index (κ2) is 4.51. The number of aliphatic hydroxyl groups is 1. The van der Waals surface area contributed by atoms with Crippen LogP contribution in [0.5, 0.6) is 0 Å². The van der Waals surface area contributed by atoms with Crippen LogP contribution in [0.15, 0.2) is 6.20 Å². The highest BCUT2D eigenvalue weighted by Crippen LogP contribution is 2.17. The fraction of sp³-hybridized carbons (Fsp3) is 0.571. The quantitative estimate of drug-likeness (QED) is 0.613. The van der Waals surface area contributed by atoms with Crippen LogP contribution in [0.1, 0.15) is 15.9 Å². The Morgan fingerprint density at radius 2 is 2.58 bits per heavy atom. The molecule has 0 aromatic carbocycles. The lowest BCUT2D eigenvalue weighted by Gasteiger charge is -2.05. The molecule has 0 aliphatic heterocycles. The third-order valence-electron chi connectivity index (χ3n) is 1.47. The highest BCUT2D eigenvalue weighted by molar-refractivity contribution is 7.11. The van der Waals surface area contributed by atoms with Gasteiger partial charge in [-0.15, -0.1) is 11.3 Å². The number of nitrogens with one attached hydrogen (secondary N) is 1. The standard InChI is InChI=1S/C7H13N3OS/c1-9-3-6(8)7-10-2-5(4-11)12-7/h2,6,9,11H,3-4,8H2,1H3/t6-/m0/s1. The van der Waals surface area contributed by atoms with E-state index in [1.165, 1.54) is 11.3 Å². The summed E-state index contributed by atoms with van der Waals surface area (Å²) >= 11 is 1.45. The molecule has 0 fully saturated rings. The first kappa shape index (κ1) is 9.60. The van der Waals surface area contributed by atoms with E-state index >= 15 is 0 Å². The van der Waals surface area contributed by atoms with Crippen LogP contribution in [0, 0.1) is 0 Å². The maximum Gasteiger partial charge on any atom is 0.111 e. The Morgan fingerprint density at radius 3 is 3.08 bits per heavy atom. The van der Waals surface area contributed by atoms with E-state index in [2.05, 4.69) is 10.3 Å². The third kappa shape index (κ3) is 2.25. The smallest absolute Gasteiger partial charge is 0.111 e. The van der Waals surface area contributed by atoms with Crippen LogP contribution in [-0.4, -0.2) is 23.7 Å². The van der Waals surface area contributed by atoms with Crippen molar-refractivity contribution in [3.05, 3.63) is 16.1 Å². The number of thiazole rings is 1. The van der Waals surface area contributed by atoms with Crippen molar-refractivity contribution < 1.29 is 5.11 Å². The van der Waals surface area contributed by atoms with Crippen molar-refractivity contribution in [2.45, 2.75) is 12.6 Å². The molecule has 0 saturated heterocycles. The van der Waals surface area contributed by atoms with E-state index in [4.69, 9.17) is 10.8 Å². The minimum atomic E-state index is -0.0692. The predicted octanol–water partition coefficient (Wildman–Crippen LogP) is -0.145. The van der Waals surface area contributed by atoms with Gasteiger partial charge in [0.15, 0.2) is 0 Å². The van der Waals surface area contributed by atoms with E-state index in [0.29, 0.717) is 6.54 Å². The van der Waals surface area contributed by atoms with Crippen LogP contribution in [0.2, 0.25) is 0 Å². The molecule has 1 aromatic rings. The van der Waals surface area contributed by atoms with Crippen LogP contribution < -0.4 is 11.1 Å². The molecule has 1 aromatic heterocycles. The number of hydrogen-bond acceptors (Lipinski definition) is 5. The highest BCUT2D eigenvalue weighted by Gasteiger charge is 2.08. The Kier molecular flexibility index (Phi) is 3.61. The van der Waals surface area contributed by atoms with E-state index in [9.17, 15) is 0 Å². The van der Waals surface area contributed by atoms with Crippen LogP contribution in [-0.2, 0) is 6.61 Å². The van der Waals surface area contributed by atoms with Gasteiger partial charge in [-0.1, -0.05) is 0 Å². The zero-order chi connectivity index (χ0) is 8.97. The Balaban J connectivity index is 2.61. The topological polar surface area (TPSA) is 71.2 Å². The molecule has 0 bridgehead atoms. The summed E-state index contributed by atoms with van der Waals surface area (Å²) in [4.78, 5) is 4.96. The molecule has 12 heavy (non-hydrogen) atoms. The lowest BCUT2D eigenvalue weighted by atomic mass is 10.3. The van der Waals surface area contributed by atoms with Gasteiger partial charge in [0.1, 0.15) is 5.01 Å². The largest absolute Gasteiger partial charge is 0.391 e. The molecule has 5 heteroatoms. The predicted molar refractivity (Wildman–Crippen MR) is 48.9 cm³/mol. The van der Waals surface area contributed by atoms with E-state index in [-0.39, 0.29) is 12.6 Å². The van der Waals surface area contributed by atoms with E-state index in [1.807, 2.05) is 7.05 Å². The van der Waals surface area contributed by atoms with Gasteiger partial charge in [-0.2, -0.15) is 0 Å². The molecule has 0 amide bonds. The Bertz CT molecular complexity index is 238. The lowest BCUT2D eigenvalue weighted by Crippen LogP contribution is -2.23. The molecular weight excluding hydrogens is 174 g/mol. The molecular formula is C7H13N3OS. The summed E-state index contributed by atoms with van der Waals surface area (Å²) in [5, 5.41) is 12.6. The summed E-state index contributed by atoms with van der Waals surface area (Å²) in [6.45, 7) is 0.752. The first-order chi connectivity index (χ1) is 5.77. The van der Waals surface area contributed by atoms with Gasteiger partial charge in [0.05, 0.1) is 17.5 Å². The summed E-state index contributed by atoms with van der Waals surface area (Å²) in [7, 11) is 1.85. The summed E-state index contributed by atoms with van der Waals surface area (Å²) < 4.78 is 0. The van der Waals surface area contributed by atoms with Gasteiger partial charge in [0.25, 0.3) is 0 Å². The Labute approximate surface area is 75.4 Å². The zero-order valence-electron chi connectivity index (χ0n) is 6.95. The van der Waals surface area contributed by atoms with Gasteiger partial charge >= 0.3 is 0 Å². The molecule has 0 radical (unpaired) electrons. The number of hydrogen-bond donors (Lipinski definition) is 3. The number of likely N-dealkylation sites (N-methyl/N-ethyl adjacent to an activating group) is 1. The fourth-order valence-corrected chi connectivity index (χ4v) is 1.65. The number of nitrogens with zero attached hydrogens (tertiary/aromatic N) is 1. The molecule has 1 rings (SSSR count). The monoisotopic (exact) mass is 187 g/mol. The van der Waals surface area contributed by atoms with Gasteiger partial charge in [0.2, 0.25) is 0 Å². The van der Waals surface area contributed by atoms with Crippen LogP contribution >= 0.6 is 11.3 Å². The van der Waals surface area contributed by atoms with Crippen molar-refractivity contribution in [3.63, 3.8) is 0 Å². The van der Waals surface area contributed by atoms with Crippen molar-refractivity contribution in [2.75, 3.05) is 13.6 Å². The molecule has 4 nitrogen and oxygen atoms in total. The maximum atomic E-state index is 8.78. The average molecular weight is 187 g/mol. The molecule has 0 spiro atoms. The van der Waals surface area contributed by atoms with Crippen LogP contribution in [0.3, 0.4) is 0 Å². The van der Waals surface area contributed by atoms with Gasteiger partial charge in [-0.05, 0) is 7.05 Å². The average Bonchev–Trinajstić information content (AvgIpc) is 2.52. The van der Waals surface area contributed by atoms with Gasteiger partial charge in [-0.25, -0.2) is 4.98 Å². The molecule has 0 aliphatic carbocycles. The lowest BCUT2D eigenvalue weighted by molar-refractivity contribution is 0.285. The third-order valence-corrected chi connectivity index (χ3v) is 2.58. The van der Waals surface area contributed by atoms with Crippen molar-refractivity contribution in [2.24, 2.45) is 5.73 Å². The summed E-state index contributed by atoms with van der Waals surface area (Å²) in [6.07, 6.45) is 1.66. The normalized spacial score (nSPS) is 13.2. The zero-order valence-corrected chi connectivity index (χ0v) is 7.77. The van der Waals surface area contributed by atoms with Crippen molar-refractivity contribution in [3.8, 4) is 0 Å². The van der Waals surface area contributed by atoms with Crippen LogP contribution in [0.25, 0.3) is 0 Å². The molecule has 68 valence electrons. The van der Waals surface area contributed by atoms with Crippen molar-refractivity contribution in [1.82, 2.24) is 10.3 Å². The Hall–Kier alpha value is -0.490. The van der Waals surface area contributed by atoms with E-state index in [0.717, 1.165) is 9.88 Å². The molecule has 1 heterocycles. The summed E-state index contributed by atoms with van der Waals surface area (Å²) in [5.74, 6) is 0. The minimum Gasteiger partial charge on any atom is -0.391 e. The molecule has 1 atom stereocenters. The SMILES string of the molecule is CNC[C@H](N)c1ncc(CO)s1. The van der Waals surface area contributed by atoms with Gasteiger partial charge < -0.3 is 16.2 Å². The highest BCUT2D eigenvalue weighted by atomic mass is 32.1. The second-order valence-corrected chi connectivity index (χ2v) is 3.63. The second-order valence-electron chi connectivity index (χ2n) is 2.49. The van der Waals surface area contributed by atoms with Gasteiger partial charge in [-0.3, -0.25) is 0 Å². The molecule has 0 saturated carbocycles. The maximum absolute atomic E-state index is 8.78. The summed E-state index contributed by atoms with van der Waals surface area (Å²) in [6, 6.07) is -0.0692. The van der Waals surface area contributed by atoms with Crippen molar-refractivity contribution in [1.29, 1.82) is 0 Å². The van der Waals surface area contributed by atoms with E-state index < -0.39 is 0 Å². The minimum absolute atomic E-state index is 0.0456. The molecule has 4 N–H and O–H groups in total. The fourth-order valence-electron chi connectivity index (χ4n) is 0.874. The summed E-state index contributed by atoms with van der Waals surface area (Å²) in [5.41, 5.74) is 5.78. The first-order valence-corrected chi connectivity index (χ1v) is 4.55. The number of rotatable bonds is 4. The Morgan fingerprint density at radius 1 is 1.83 bits per heavy atom. The van der Waals surface area contributed by atoms with E-state index in [1.54, 1.807) is 6.20 Å². The molecule has 0 unspecified atom stereocenters.